The second-order valence-electron chi connectivity index (χ2n) is 7.95. The van der Waals surface area contributed by atoms with E-state index in [-0.39, 0.29) is 0 Å². The molecule has 4 rings (SSSR count). The van der Waals surface area contributed by atoms with E-state index in [2.05, 4.69) is 53.5 Å². The van der Waals surface area contributed by atoms with Gasteiger partial charge in [-0.15, -0.1) is 0 Å². The first-order valence-electron chi connectivity index (χ1n) is 10.7. The van der Waals surface area contributed by atoms with Crippen molar-refractivity contribution in [1.29, 1.82) is 0 Å². The highest BCUT2D eigenvalue weighted by molar-refractivity contribution is 5.39. The minimum absolute atomic E-state index is 0.519. The van der Waals surface area contributed by atoms with Crippen LogP contribution in [0.4, 0.5) is 0 Å². The maximum atomic E-state index is 6.12. The van der Waals surface area contributed by atoms with Gasteiger partial charge in [-0.3, -0.25) is 4.90 Å². The molecule has 4 nitrogen and oxygen atoms in total. The van der Waals surface area contributed by atoms with Crippen LogP contribution in [-0.2, 0) is 19.8 Å². The lowest BCUT2D eigenvalue weighted by Crippen LogP contribution is -2.48. The molecule has 3 aromatic carbocycles. The third kappa shape index (κ3) is 6.09. The van der Waals surface area contributed by atoms with Gasteiger partial charge >= 0.3 is 0 Å². The lowest BCUT2D eigenvalue weighted by atomic mass is 10.1. The van der Waals surface area contributed by atoms with Gasteiger partial charge in [0.05, 0.1) is 0 Å². The summed E-state index contributed by atoms with van der Waals surface area (Å²) >= 11 is 0. The molecule has 0 amide bonds. The van der Waals surface area contributed by atoms with Gasteiger partial charge in [-0.2, -0.15) is 0 Å². The minimum Gasteiger partial charge on any atom is -0.489 e. The molecule has 0 unspecified atom stereocenters. The highest BCUT2D eigenvalue weighted by Gasteiger charge is 2.16. The third-order valence-electron chi connectivity index (χ3n) is 5.30. The molecule has 0 aromatic heterocycles. The predicted octanol–water partition coefficient (Wildman–Crippen LogP) is 4.64. The largest absolute Gasteiger partial charge is 0.489 e. The van der Waals surface area contributed by atoms with Gasteiger partial charge in [0.1, 0.15) is 24.7 Å². The SMILES string of the molecule is C[C@H]1CN(Cc2cc(OCc3ccccc3)cc(OCc3ccccc3)c2)CCN1. The van der Waals surface area contributed by atoms with E-state index in [1.165, 1.54) is 5.56 Å². The summed E-state index contributed by atoms with van der Waals surface area (Å²) in [5.41, 5.74) is 3.54. The summed E-state index contributed by atoms with van der Waals surface area (Å²) in [6.07, 6.45) is 0. The van der Waals surface area contributed by atoms with Gasteiger partial charge < -0.3 is 14.8 Å². The zero-order chi connectivity index (χ0) is 20.6. The molecule has 1 saturated heterocycles. The van der Waals surface area contributed by atoms with E-state index in [0.717, 1.165) is 48.8 Å². The summed E-state index contributed by atoms with van der Waals surface area (Å²) in [6.45, 7) is 7.37. The van der Waals surface area contributed by atoms with Crippen molar-refractivity contribution in [2.45, 2.75) is 32.7 Å². The Morgan fingerprint density at radius 2 is 1.37 bits per heavy atom. The van der Waals surface area contributed by atoms with Gasteiger partial charge in [-0.25, -0.2) is 0 Å². The Labute approximate surface area is 179 Å². The Balaban J connectivity index is 1.48. The van der Waals surface area contributed by atoms with E-state index >= 15 is 0 Å². The Bertz CT molecular complexity index is 853. The number of hydrogen-bond acceptors (Lipinski definition) is 4. The Morgan fingerprint density at radius 3 is 1.90 bits per heavy atom. The molecule has 4 heteroatoms. The molecule has 3 aromatic rings. The maximum absolute atomic E-state index is 6.12. The van der Waals surface area contributed by atoms with Gasteiger partial charge in [0.2, 0.25) is 0 Å². The normalized spacial score (nSPS) is 16.9. The van der Waals surface area contributed by atoms with Crippen molar-refractivity contribution in [1.82, 2.24) is 10.2 Å². The number of rotatable bonds is 8. The summed E-state index contributed by atoms with van der Waals surface area (Å²) in [7, 11) is 0. The molecule has 1 aliphatic heterocycles. The second kappa shape index (κ2) is 10.3. The van der Waals surface area contributed by atoms with Crippen LogP contribution in [0.2, 0.25) is 0 Å². The van der Waals surface area contributed by atoms with Crippen LogP contribution in [0.25, 0.3) is 0 Å². The average molecular weight is 403 g/mol. The molecule has 0 spiro atoms. The summed E-state index contributed by atoms with van der Waals surface area (Å²) < 4.78 is 12.2. The van der Waals surface area contributed by atoms with Crippen LogP contribution in [0.15, 0.2) is 78.9 Å². The highest BCUT2D eigenvalue weighted by atomic mass is 16.5. The van der Waals surface area contributed by atoms with Gasteiger partial charge in [0, 0.05) is 38.3 Å². The first-order valence-corrected chi connectivity index (χ1v) is 10.7. The standard InChI is InChI=1S/C26H30N2O2/c1-21-17-28(13-12-27-21)18-24-14-25(29-19-22-8-4-2-5-9-22)16-26(15-24)30-20-23-10-6-3-7-11-23/h2-11,14-16,21,27H,12-13,17-20H2,1H3/t21-/m0/s1. The summed E-state index contributed by atoms with van der Waals surface area (Å²) in [4.78, 5) is 2.48. The van der Waals surface area contributed by atoms with Gasteiger partial charge in [-0.1, -0.05) is 60.7 Å². The van der Waals surface area contributed by atoms with Crippen LogP contribution < -0.4 is 14.8 Å². The molecule has 0 saturated carbocycles. The van der Waals surface area contributed by atoms with Gasteiger partial charge in [0.25, 0.3) is 0 Å². The van der Waals surface area contributed by atoms with Crippen LogP contribution in [0, 0.1) is 0 Å². The summed E-state index contributed by atoms with van der Waals surface area (Å²) in [5, 5.41) is 3.51. The molecule has 1 aliphatic rings. The first kappa shape index (κ1) is 20.5. The van der Waals surface area contributed by atoms with Crippen LogP contribution in [0.3, 0.4) is 0 Å². The number of ether oxygens (including phenoxy) is 2. The quantitative estimate of drug-likeness (QED) is 0.595. The topological polar surface area (TPSA) is 33.7 Å². The molecule has 1 atom stereocenters. The fraction of sp³-hybridized carbons (Fsp3) is 0.308. The fourth-order valence-electron chi connectivity index (χ4n) is 3.78. The Kier molecular flexibility index (Phi) is 7.01. The zero-order valence-corrected chi connectivity index (χ0v) is 17.6. The molecule has 1 heterocycles. The van der Waals surface area contributed by atoms with E-state index < -0.39 is 0 Å². The average Bonchev–Trinajstić information content (AvgIpc) is 2.78. The fourth-order valence-corrected chi connectivity index (χ4v) is 3.78. The Hall–Kier alpha value is -2.82. The van der Waals surface area contributed by atoms with Crippen molar-refractivity contribution in [2.24, 2.45) is 0 Å². The molecular weight excluding hydrogens is 372 g/mol. The second-order valence-corrected chi connectivity index (χ2v) is 7.95. The molecule has 1 fully saturated rings. The van der Waals surface area contributed by atoms with E-state index in [1.54, 1.807) is 0 Å². The van der Waals surface area contributed by atoms with Gasteiger partial charge in [0.15, 0.2) is 0 Å². The van der Waals surface area contributed by atoms with Crippen LogP contribution >= 0.6 is 0 Å². The number of nitrogens with one attached hydrogen (secondary N) is 1. The van der Waals surface area contributed by atoms with Crippen LogP contribution in [0.5, 0.6) is 11.5 Å². The maximum Gasteiger partial charge on any atom is 0.123 e. The van der Waals surface area contributed by atoms with Crippen molar-refractivity contribution in [3.8, 4) is 11.5 Å². The number of benzene rings is 3. The molecular formula is C26H30N2O2. The molecule has 1 N–H and O–H groups in total. The van der Waals surface area contributed by atoms with Crippen molar-refractivity contribution >= 4 is 0 Å². The van der Waals surface area contributed by atoms with Crippen LogP contribution in [0.1, 0.15) is 23.6 Å². The molecule has 156 valence electrons. The Morgan fingerprint density at radius 1 is 0.800 bits per heavy atom. The lowest BCUT2D eigenvalue weighted by molar-refractivity contribution is 0.199. The molecule has 30 heavy (non-hydrogen) atoms. The smallest absolute Gasteiger partial charge is 0.123 e. The molecule has 0 bridgehead atoms. The van der Waals surface area contributed by atoms with E-state index in [9.17, 15) is 0 Å². The lowest BCUT2D eigenvalue weighted by Gasteiger charge is -2.32. The van der Waals surface area contributed by atoms with Crippen molar-refractivity contribution in [2.75, 3.05) is 19.6 Å². The van der Waals surface area contributed by atoms with Gasteiger partial charge in [-0.05, 0) is 35.7 Å². The van der Waals surface area contributed by atoms with Crippen LogP contribution in [-0.4, -0.2) is 30.6 Å². The number of hydrogen-bond donors (Lipinski definition) is 1. The van der Waals surface area contributed by atoms with Crippen molar-refractivity contribution in [3.63, 3.8) is 0 Å². The minimum atomic E-state index is 0.519. The van der Waals surface area contributed by atoms with E-state index in [4.69, 9.17) is 9.47 Å². The number of nitrogens with zero attached hydrogens (tertiary/aromatic N) is 1. The molecule has 0 radical (unpaired) electrons. The monoisotopic (exact) mass is 402 g/mol. The predicted molar refractivity (Wildman–Crippen MR) is 121 cm³/mol. The summed E-state index contributed by atoms with van der Waals surface area (Å²) in [5.74, 6) is 1.70. The highest BCUT2D eigenvalue weighted by Crippen LogP contribution is 2.26. The first-order chi connectivity index (χ1) is 14.7. The van der Waals surface area contributed by atoms with E-state index in [1.807, 2.05) is 42.5 Å². The number of piperazine rings is 1. The summed E-state index contributed by atoms with van der Waals surface area (Å²) in [6, 6.07) is 27.3. The van der Waals surface area contributed by atoms with Crippen molar-refractivity contribution in [3.05, 3.63) is 95.6 Å². The van der Waals surface area contributed by atoms with Crippen molar-refractivity contribution < 1.29 is 9.47 Å². The zero-order valence-electron chi connectivity index (χ0n) is 17.6. The molecule has 0 aliphatic carbocycles. The van der Waals surface area contributed by atoms with E-state index in [0.29, 0.717) is 19.3 Å². The third-order valence-corrected chi connectivity index (χ3v) is 5.30.